The molecule has 1 saturated carbocycles. The van der Waals surface area contributed by atoms with Gasteiger partial charge in [-0.3, -0.25) is 4.79 Å². The number of aromatic nitrogens is 2. The Labute approximate surface area is 215 Å². The fourth-order valence-corrected chi connectivity index (χ4v) is 4.44. The zero-order valence-corrected chi connectivity index (χ0v) is 21.8. The van der Waals surface area contributed by atoms with Gasteiger partial charge in [0, 0.05) is 22.5 Å². The standard InChI is InChI=1S/C24H24BrFN4O.C2H6.C2H2/c25-18-8-4-5-15(11-18)13-29-24(31)19-10-9-17(12-20(19)26)22-23(27)28-14-21(30-22)16-6-2-1-3-7-16;2*1-2/h4-5,8-12,14,16H,1-3,6-7,13H2,(H2,27,28)(H,29,31);1-2H3;1-2H. The highest BCUT2D eigenvalue weighted by Gasteiger charge is 2.20. The molecule has 0 radical (unpaired) electrons. The Morgan fingerprint density at radius 3 is 2.51 bits per heavy atom. The second kappa shape index (κ2) is 14.2. The lowest BCUT2D eigenvalue weighted by Crippen LogP contribution is -2.23. The first kappa shape index (κ1) is 28.0. The molecule has 3 N–H and O–H groups in total. The smallest absolute Gasteiger partial charge is 0.254 e. The summed E-state index contributed by atoms with van der Waals surface area (Å²) in [5.41, 5.74) is 8.82. The fourth-order valence-electron chi connectivity index (χ4n) is 3.99. The molecular formula is C28H32BrFN4O. The van der Waals surface area contributed by atoms with Crippen LogP contribution in [0.3, 0.4) is 0 Å². The zero-order valence-electron chi connectivity index (χ0n) is 20.2. The maximum absolute atomic E-state index is 14.8. The van der Waals surface area contributed by atoms with Gasteiger partial charge >= 0.3 is 0 Å². The molecule has 0 bridgehead atoms. The number of anilines is 1. The van der Waals surface area contributed by atoms with E-state index >= 15 is 0 Å². The van der Waals surface area contributed by atoms with Crippen molar-refractivity contribution in [2.75, 3.05) is 5.73 Å². The number of terminal acetylenes is 1. The number of nitrogens with two attached hydrogens (primary N) is 1. The van der Waals surface area contributed by atoms with Crippen molar-refractivity contribution in [2.45, 2.75) is 58.4 Å². The number of hydrogen-bond acceptors (Lipinski definition) is 4. The first-order valence-electron chi connectivity index (χ1n) is 11.8. The number of nitrogens with zero attached hydrogens (tertiary/aromatic N) is 2. The van der Waals surface area contributed by atoms with Crippen LogP contribution < -0.4 is 11.1 Å². The lowest BCUT2D eigenvalue weighted by atomic mass is 9.87. The molecule has 0 atom stereocenters. The van der Waals surface area contributed by atoms with Crippen LogP contribution in [-0.4, -0.2) is 15.9 Å². The van der Waals surface area contributed by atoms with Crippen LogP contribution in [0.15, 0.2) is 53.1 Å². The number of nitrogens with one attached hydrogen (secondary N) is 1. The lowest BCUT2D eigenvalue weighted by molar-refractivity contribution is 0.0947. The molecule has 1 fully saturated rings. The quantitative estimate of drug-likeness (QED) is 0.347. The Kier molecular flexibility index (Phi) is 11.4. The van der Waals surface area contributed by atoms with E-state index < -0.39 is 11.7 Å². The number of rotatable bonds is 5. The molecular weight excluding hydrogens is 507 g/mol. The first-order chi connectivity index (χ1) is 17.0. The van der Waals surface area contributed by atoms with Crippen molar-refractivity contribution in [1.82, 2.24) is 15.3 Å². The van der Waals surface area contributed by atoms with Gasteiger partial charge < -0.3 is 11.1 Å². The molecule has 35 heavy (non-hydrogen) atoms. The van der Waals surface area contributed by atoms with Gasteiger partial charge in [0.25, 0.3) is 5.91 Å². The number of nitrogen functional groups attached to an aromatic ring is 1. The van der Waals surface area contributed by atoms with E-state index in [1.54, 1.807) is 12.3 Å². The van der Waals surface area contributed by atoms with E-state index in [0.29, 0.717) is 23.7 Å². The van der Waals surface area contributed by atoms with Gasteiger partial charge in [0.1, 0.15) is 17.3 Å². The molecule has 4 rings (SSSR count). The molecule has 0 spiro atoms. The molecule has 3 aromatic rings. The van der Waals surface area contributed by atoms with Crippen molar-refractivity contribution in [3.8, 4) is 24.1 Å². The van der Waals surface area contributed by atoms with E-state index in [1.807, 2.05) is 38.1 Å². The van der Waals surface area contributed by atoms with Crippen LogP contribution in [0.2, 0.25) is 0 Å². The maximum atomic E-state index is 14.8. The molecule has 1 aliphatic carbocycles. The van der Waals surface area contributed by atoms with E-state index in [4.69, 9.17) is 10.7 Å². The Morgan fingerprint density at radius 1 is 1.14 bits per heavy atom. The molecule has 0 saturated heterocycles. The van der Waals surface area contributed by atoms with Crippen molar-refractivity contribution in [3.63, 3.8) is 0 Å². The molecule has 5 nitrogen and oxygen atoms in total. The highest BCUT2D eigenvalue weighted by molar-refractivity contribution is 9.10. The predicted octanol–water partition coefficient (Wildman–Crippen LogP) is 6.88. The minimum absolute atomic E-state index is 0.0197. The number of benzene rings is 2. The van der Waals surface area contributed by atoms with Crippen LogP contribution in [-0.2, 0) is 6.54 Å². The Morgan fingerprint density at radius 2 is 1.86 bits per heavy atom. The van der Waals surface area contributed by atoms with Crippen molar-refractivity contribution in [2.24, 2.45) is 0 Å². The summed E-state index contributed by atoms with van der Waals surface area (Å²) in [5, 5.41) is 2.75. The van der Waals surface area contributed by atoms with Gasteiger partial charge in [-0.2, -0.15) is 0 Å². The second-order valence-corrected chi connectivity index (χ2v) is 8.79. The van der Waals surface area contributed by atoms with Crippen LogP contribution in [0.5, 0.6) is 0 Å². The second-order valence-electron chi connectivity index (χ2n) is 7.87. The van der Waals surface area contributed by atoms with E-state index in [9.17, 15) is 9.18 Å². The number of carbonyl (C=O) groups is 1. The van der Waals surface area contributed by atoms with Crippen LogP contribution in [0.1, 0.15) is 73.5 Å². The fraction of sp³-hybridized carbons (Fsp3) is 0.321. The summed E-state index contributed by atoms with van der Waals surface area (Å²) in [5.74, 6) is -0.466. The van der Waals surface area contributed by atoms with Gasteiger partial charge in [-0.25, -0.2) is 14.4 Å². The van der Waals surface area contributed by atoms with E-state index in [2.05, 4.69) is 39.1 Å². The van der Waals surface area contributed by atoms with E-state index in [1.165, 1.54) is 31.4 Å². The average molecular weight is 539 g/mol. The van der Waals surface area contributed by atoms with Crippen molar-refractivity contribution in [1.29, 1.82) is 0 Å². The molecule has 1 amide bonds. The highest BCUT2D eigenvalue weighted by Crippen LogP contribution is 2.33. The molecule has 1 aromatic heterocycles. The molecule has 1 aliphatic rings. The van der Waals surface area contributed by atoms with Gasteiger partial charge in [-0.15, -0.1) is 12.8 Å². The SMILES string of the molecule is C#C.CC.Nc1ncc(C2CCCCC2)nc1-c1ccc(C(=O)NCc2cccc(Br)c2)c(F)c1. The van der Waals surface area contributed by atoms with Crippen LogP contribution in [0, 0.1) is 18.7 Å². The van der Waals surface area contributed by atoms with Crippen molar-refractivity contribution in [3.05, 3.63) is 75.8 Å². The summed E-state index contributed by atoms with van der Waals surface area (Å²) in [6, 6.07) is 12.0. The lowest BCUT2D eigenvalue weighted by Gasteiger charge is -2.21. The predicted molar refractivity (Wildman–Crippen MR) is 144 cm³/mol. The number of halogens is 2. The third kappa shape index (κ3) is 7.63. The Balaban J connectivity index is 0.00000103. The summed E-state index contributed by atoms with van der Waals surface area (Å²) in [6.45, 7) is 4.31. The normalized spacial score (nSPS) is 13.0. The van der Waals surface area contributed by atoms with Gasteiger partial charge in [0.05, 0.1) is 17.5 Å². The monoisotopic (exact) mass is 538 g/mol. The van der Waals surface area contributed by atoms with Gasteiger partial charge in [-0.1, -0.05) is 67.2 Å². The largest absolute Gasteiger partial charge is 0.382 e. The molecule has 184 valence electrons. The molecule has 7 heteroatoms. The number of amides is 1. The number of carbonyl (C=O) groups excluding carboxylic acids is 1. The van der Waals surface area contributed by atoms with Gasteiger partial charge in [0.15, 0.2) is 0 Å². The summed E-state index contributed by atoms with van der Waals surface area (Å²) in [4.78, 5) is 21.5. The number of hydrogen-bond donors (Lipinski definition) is 2. The summed E-state index contributed by atoms with van der Waals surface area (Å²) < 4.78 is 15.7. The van der Waals surface area contributed by atoms with Crippen LogP contribution in [0.25, 0.3) is 11.3 Å². The van der Waals surface area contributed by atoms with Crippen LogP contribution >= 0.6 is 15.9 Å². The van der Waals surface area contributed by atoms with Gasteiger partial charge in [0.2, 0.25) is 0 Å². The third-order valence-electron chi connectivity index (χ3n) is 5.67. The van der Waals surface area contributed by atoms with Crippen LogP contribution in [0.4, 0.5) is 10.2 Å². The summed E-state index contributed by atoms with van der Waals surface area (Å²) >= 11 is 3.40. The van der Waals surface area contributed by atoms with Gasteiger partial charge in [-0.05, 0) is 42.7 Å². The Bertz CT molecular complexity index is 1140. The Hall–Kier alpha value is -3.24. The van der Waals surface area contributed by atoms with Crippen molar-refractivity contribution >= 4 is 27.7 Å². The molecule has 1 heterocycles. The zero-order chi connectivity index (χ0) is 25.8. The molecule has 0 unspecified atom stereocenters. The summed E-state index contributed by atoms with van der Waals surface area (Å²) in [7, 11) is 0. The summed E-state index contributed by atoms with van der Waals surface area (Å²) in [6.07, 6.45) is 15.5. The topological polar surface area (TPSA) is 80.9 Å². The third-order valence-corrected chi connectivity index (χ3v) is 6.17. The van der Waals surface area contributed by atoms with E-state index in [0.717, 1.165) is 28.6 Å². The van der Waals surface area contributed by atoms with Crippen molar-refractivity contribution < 1.29 is 9.18 Å². The highest BCUT2D eigenvalue weighted by atomic mass is 79.9. The minimum atomic E-state index is -0.617. The minimum Gasteiger partial charge on any atom is -0.382 e. The maximum Gasteiger partial charge on any atom is 0.254 e. The molecule has 2 aromatic carbocycles. The van der Waals surface area contributed by atoms with E-state index in [-0.39, 0.29) is 11.4 Å². The average Bonchev–Trinajstić information content (AvgIpc) is 2.90. The molecule has 0 aliphatic heterocycles. The first-order valence-corrected chi connectivity index (χ1v) is 12.6.